The van der Waals surface area contributed by atoms with Crippen LogP contribution in [0.5, 0.6) is 23.0 Å². The molecule has 0 aliphatic carbocycles. The maximum absolute atomic E-state index is 12.2. The Labute approximate surface area is 157 Å². The predicted molar refractivity (Wildman–Crippen MR) is 98.2 cm³/mol. The van der Waals surface area contributed by atoms with Crippen LogP contribution in [0.1, 0.15) is 11.1 Å². The van der Waals surface area contributed by atoms with Crippen LogP contribution in [0.25, 0.3) is 6.08 Å². The second-order valence-electron chi connectivity index (χ2n) is 6.40. The maximum atomic E-state index is 12.2. The Hall–Kier alpha value is -3.15. The summed E-state index contributed by atoms with van der Waals surface area (Å²) in [6.45, 7) is 0.586. The number of cyclic esters (lactones) is 1. The fourth-order valence-corrected chi connectivity index (χ4v) is 3.34. The van der Waals surface area contributed by atoms with Gasteiger partial charge in [0.05, 0.1) is 20.8 Å². The van der Waals surface area contributed by atoms with E-state index in [-0.39, 0.29) is 18.7 Å². The van der Waals surface area contributed by atoms with E-state index in [1.54, 1.807) is 14.2 Å². The summed E-state index contributed by atoms with van der Waals surface area (Å²) in [5.74, 6) is 2.44. The topological polar surface area (TPSA) is 63.2 Å². The monoisotopic (exact) mass is 368 g/mol. The number of carbonyl (C=O) groups is 1. The molecule has 0 amide bonds. The number of benzene rings is 2. The number of esters is 1. The predicted octanol–water partition coefficient (Wildman–Crippen LogP) is 3.23. The molecule has 1 saturated heterocycles. The number of hydrogen-bond donors (Lipinski definition) is 0. The third-order valence-corrected chi connectivity index (χ3v) is 4.74. The minimum atomic E-state index is -0.279. The summed E-state index contributed by atoms with van der Waals surface area (Å²) in [6, 6.07) is 11.4. The molecule has 0 bridgehead atoms. The van der Waals surface area contributed by atoms with E-state index in [4.69, 9.17) is 23.7 Å². The number of rotatable bonds is 5. The number of methoxy groups -OCH3 is 2. The molecular formula is C21H20O6. The van der Waals surface area contributed by atoms with Crippen LogP contribution in [0.3, 0.4) is 0 Å². The molecule has 0 N–H and O–H groups in total. The Morgan fingerprint density at radius 3 is 2.63 bits per heavy atom. The number of carbonyl (C=O) groups excluding carboxylic acids is 1. The normalized spacial score (nSPS) is 19.3. The van der Waals surface area contributed by atoms with Gasteiger partial charge in [-0.3, -0.25) is 0 Å². The SMILES string of the molecule is COc1ccc(C[C@@H]2COC(=O)/C2=C/c2ccc3c(c2)OCO3)cc1OC. The van der Waals surface area contributed by atoms with Gasteiger partial charge in [-0.15, -0.1) is 0 Å². The molecule has 0 spiro atoms. The van der Waals surface area contributed by atoms with E-state index in [2.05, 4.69) is 0 Å². The molecule has 2 aromatic carbocycles. The standard InChI is InChI=1S/C21H20O6/c1-23-17-5-3-13(9-19(17)24-2)7-15-11-25-21(22)16(15)8-14-4-6-18-20(10-14)27-12-26-18/h3-6,8-10,15H,7,11-12H2,1-2H3/b16-8+/t15-/m1/s1. The first-order chi connectivity index (χ1) is 13.2. The highest BCUT2D eigenvalue weighted by Gasteiger charge is 2.31. The molecule has 0 radical (unpaired) electrons. The summed E-state index contributed by atoms with van der Waals surface area (Å²) in [6.07, 6.45) is 2.53. The Kier molecular flexibility index (Phi) is 4.62. The molecule has 0 saturated carbocycles. The third-order valence-electron chi connectivity index (χ3n) is 4.74. The van der Waals surface area contributed by atoms with Gasteiger partial charge in [-0.05, 0) is 47.9 Å². The van der Waals surface area contributed by atoms with Crippen molar-refractivity contribution < 1.29 is 28.5 Å². The summed E-state index contributed by atoms with van der Waals surface area (Å²) >= 11 is 0. The lowest BCUT2D eigenvalue weighted by atomic mass is 9.92. The fourth-order valence-electron chi connectivity index (χ4n) is 3.34. The van der Waals surface area contributed by atoms with E-state index in [9.17, 15) is 4.79 Å². The molecule has 2 aliphatic rings. The van der Waals surface area contributed by atoms with Crippen LogP contribution >= 0.6 is 0 Å². The summed E-state index contributed by atoms with van der Waals surface area (Å²) < 4.78 is 26.7. The molecule has 2 aromatic rings. The van der Waals surface area contributed by atoms with E-state index in [0.29, 0.717) is 41.6 Å². The van der Waals surface area contributed by atoms with Crippen molar-refractivity contribution in [3.63, 3.8) is 0 Å². The van der Waals surface area contributed by atoms with Gasteiger partial charge in [0, 0.05) is 11.5 Å². The van der Waals surface area contributed by atoms with E-state index in [1.165, 1.54) is 0 Å². The molecule has 2 aliphatic heterocycles. The summed E-state index contributed by atoms with van der Waals surface area (Å²) in [4.78, 5) is 12.2. The molecule has 1 fully saturated rings. The zero-order chi connectivity index (χ0) is 18.8. The van der Waals surface area contributed by atoms with Crippen LogP contribution in [0, 0.1) is 5.92 Å². The van der Waals surface area contributed by atoms with Crippen LogP contribution in [0.2, 0.25) is 0 Å². The van der Waals surface area contributed by atoms with Gasteiger partial charge in [0.1, 0.15) is 0 Å². The first-order valence-electron chi connectivity index (χ1n) is 8.67. The molecule has 2 heterocycles. The summed E-state index contributed by atoms with van der Waals surface area (Å²) in [7, 11) is 3.21. The zero-order valence-electron chi connectivity index (χ0n) is 15.2. The van der Waals surface area contributed by atoms with Gasteiger partial charge in [-0.2, -0.15) is 0 Å². The first-order valence-corrected chi connectivity index (χ1v) is 8.67. The Bertz CT molecular complexity index is 902. The molecule has 0 unspecified atom stereocenters. The van der Waals surface area contributed by atoms with Gasteiger partial charge in [-0.25, -0.2) is 4.79 Å². The number of hydrogen-bond acceptors (Lipinski definition) is 6. The Morgan fingerprint density at radius 2 is 1.81 bits per heavy atom. The summed E-state index contributed by atoms with van der Waals surface area (Å²) in [5.41, 5.74) is 2.58. The van der Waals surface area contributed by atoms with Crippen molar-refractivity contribution >= 4 is 12.0 Å². The second kappa shape index (κ2) is 7.23. The van der Waals surface area contributed by atoms with E-state index in [1.807, 2.05) is 42.5 Å². The molecule has 27 heavy (non-hydrogen) atoms. The molecule has 6 heteroatoms. The molecular weight excluding hydrogens is 348 g/mol. The average molecular weight is 368 g/mol. The van der Waals surface area contributed by atoms with Crippen molar-refractivity contribution in [2.75, 3.05) is 27.6 Å². The molecule has 0 aromatic heterocycles. The lowest BCUT2D eigenvalue weighted by Crippen LogP contribution is -2.08. The summed E-state index contributed by atoms with van der Waals surface area (Å²) in [5, 5.41) is 0. The van der Waals surface area contributed by atoms with Crippen LogP contribution < -0.4 is 18.9 Å². The van der Waals surface area contributed by atoms with Crippen molar-refractivity contribution in [1.82, 2.24) is 0 Å². The lowest BCUT2D eigenvalue weighted by Gasteiger charge is -2.12. The highest BCUT2D eigenvalue weighted by Crippen LogP contribution is 2.35. The Morgan fingerprint density at radius 1 is 1.00 bits per heavy atom. The fraction of sp³-hybridized carbons (Fsp3) is 0.286. The van der Waals surface area contributed by atoms with Crippen LogP contribution in [0.15, 0.2) is 42.0 Å². The third kappa shape index (κ3) is 3.43. The van der Waals surface area contributed by atoms with Crippen molar-refractivity contribution in [3.8, 4) is 23.0 Å². The van der Waals surface area contributed by atoms with Crippen LogP contribution in [-0.4, -0.2) is 33.6 Å². The van der Waals surface area contributed by atoms with E-state index in [0.717, 1.165) is 11.1 Å². The van der Waals surface area contributed by atoms with Gasteiger partial charge in [0.15, 0.2) is 23.0 Å². The minimum Gasteiger partial charge on any atom is -0.493 e. The zero-order valence-corrected chi connectivity index (χ0v) is 15.2. The highest BCUT2D eigenvalue weighted by molar-refractivity contribution is 5.96. The van der Waals surface area contributed by atoms with Crippen LogP contribution in [-0.2, 0) is 16.0 Å². The molecule has 140 valence electrons. The van der Waals surface area contributed by atoms with Crippen molar-refractivity contribution in [2.24, 2.45) is 5.92 Å². The van der Waals surface area contributed by atoms with Crippen LogP contribution in [0.4, 0.5) is 0 Å². The van der Waals surface area contributed by atoms with Crippen molar-refractivity contribution in [2.45, 2.75) is 6.42 Å². The second-order valence-corrected chi connectivity index (χ2v) is 6.40. The maximum Gasteiger partial charge on any atom is 0.334 e. The van der Waals surface area contributed by atoms with Gasteiger partial charge in [0.25, 0.3) is 0 Å². The average Bonchev–Trinajstić information content (AvgIpc) is 3.29. The lowest BCUT2D eigenvalue weighted by molar-refractivity contribution is -0.135. The molecule has 4 rings (SSSR count). The van der Waals surface area contributed by atoms with Crippen molar-refractivity contribution in [1.29, 1.82) is 0 Å². The van der Waals surface area contributed by atoms with Gasteiger partial charge in [-0.1, -0.05) is 12.1 Å². The first kappa shape index (κ1) is 17.3. The largest absolute Gasteiger partial charge is 0.493 e. The number of fused-ring (bicyclic) bond motifs is 1. The minimum absolute atomic E-state index is 0.0268. The quantitative estimate of drug-likeness (QED) is 0.596. The Balaban J connectivity index is 1.58. The highest BCUT2D eigenvalue weighted by atomic mass is 16.7. The molecule has 1 atom stereocenters. The van der Waals surface area contributed by atoms with E-state index < -0.39 is 0 Å². The number of ether oxygens (including phenoxy) is 5. The smallest absolute Gasteiger partial charge is 0.334 e. The van der Waals surface area contributed by atoms with E-state index >= 15 is 0 Å². The van der Waals surface area contributed by atoms with Gasteiger partial charge >= 0.3 is 5.97 Å². The van der Waals surface area contributed by atoms with Gasteiger partial charge in [0.2, 0.25) is 6.79 Å². The molecule has 6 nitrogen and oxygen atoms in total. The van der Waals surface area contributed by atoms with Crippen molar-refractivity contribution in [3.05, 3.63) is 53.1 Å². The van der Waals surface area contributed by atoms with Gasteiger partial charge < -0.3 is 23.7 Å².